The molecular formula is C12H17BrN2O. The minimum atomic E-state index is 0.0557. The Hall–Kier alpha value is -0.870. The van der Waals surface area contributed by atoms with Gasteiger partial charge in [0.2, 0.25) is 5.91 Å². The highest BCUT2D eigenvalue weighted by atomic mass is 79.9. The SMILES string of the molecule is CNC(C)CNC(=O)Cc1cccc(Br)c1. The van der Waals surface area contributed by atoms with Gasteiger partial charge in [0, 0.05) is 17.1 Å². The maximum atomic E-state index is 11.6. The van der Waals surface area contributed by atoms with Crippen LogP contribution in [0, 0.1) is 0 Å². The number of carbonyl (C=O) groups is 1. The summed E-state index contributed by atoms with van der Waals surface area (Å²) in [6, 6.07) is 8.09. The highest BCUT2D eigenvalue weighted by Gasteiger charge is 2.05. The summed E-state index contributed by atoms with van der Waals surface area (Å²) in [5.41, 5.74) is 1.02. The Bertz CT molecular complexity index is 355. The van der Waals surface area contributed by atoms with Gasteiger partial charge < -0.3 is 10.6 Å². The third-order valence-corrected chi connectivity index (χ3v) is 2.85. The van der Waals surface area contributed by atoms with E-state index in [0.29, 0.717) is 19.0 Å². The third-order valence-electron chi connectivity index (χ3n) is 2.35. The molecule has 0 saturated heterocycles. The van der Waals surface area contributed by atoms with Crippen LogP contribution < -0.4 is 10.6 Å². The second-order valence-electron chi connectivity index (χ2n) is 3.80. The van der Waals surface area contributed by atoms with Gasteiger partial charge in [0.25, 0.3) is 0 Å². The van der Waals surface area contributed by atoms with E-state index in [2.05, 4.69) is 26.6 Å². The maximum absolute atomic E-state index is 11.6. The van der Waals surface area contributed by atoms with Crippen molar-refractivity contribution < 1.29 is 4.79 Å². The molecule has 1 atom stereocenters. The standard InChI is InChI=1S/C12H17BrN2O/c1-9(14-2)8-15-12(16)7-10-4-3-5-11(13)6-10/h3-6,9,14H,7-8H2,1-2H3,(H,15,16). The zero-order chi connectivity index (χ0) is 12.0. The summed E-state index contributed by atoms with van der Waals surface area (Å²) in [5, 5.41) is 5.96. The van der Waals surface area contributed by atoms with Crippen molar-refractivity contribution in [3.05, 3.63) is 34.3 Å². The fraction of sp³-hybridized carbons (Fsp3) is 0.417. The van der Waals surface area contributed by atoms with Crippen LogP contribution in [0.25, 0.3) is 0 Å². The summed E-state index contributed by atoms with van der Waals surface area (Å²) in [4.78, 5) is 11.6. The number of likely N-dealkylation sites (N-methyl/N-ethyl adjacent to an activating group) is 1. The quantitative estimate of drug-likeness (QED) is 0.865. The van der Waals surface area contributed by atoms with Crippen molar-refractivity contribution in [2.24, 2.45) is 0 Å². The first-order valence-electron chi connectivity index (χ1n) is 5.30. The third kappa shape index (κ3) is 4.77. The lowest BCUT2D eigenvalue weighted by Crippen LogP contribution is -2.37. The molecule has 0 saturated carbocycles. The van der Waals surface area contributed by atoms with Crippen molar-refractivity contribution >= 4 is 21.8 Å². The summed E-state index contributed by atoms with van der Waals surface area (Å²) >= 11 is 3.38. The topological polar surface area (TPSA) is 41.1 Å². The van der Waals surface area contributed by atoms with Crippen molar-refractivity contribution in [3.63, 3.8) is 0 Å². The Morgan fingerprint density at radius 3 is 2.88 bits per heavy atom. The summed E-state index contributed by atoms with van der Waals surface area (Å²) < 4.78 is 1.00. The van der Waals surface area contributed by atoms with E-state index in [1.807, 2.05) is 38.2 Å². The lowest BCUT2D eigenvalue weighted by Gasteiger charge is -2.11. The van der Waals surface area contributed by atoms with Crippen molar-refractivity contribution in [2.75, 3.05) is 13.6 Å². The van der Waals surface area contributed by atoms with Crippen LogP contribution in [-0.4, -0.2) is 25.5 Å². The van der Waals surface area contributed by atoms with Crippen LogP contribution in [0.15, 0.2) is 28.7 Å². The van der Waals surface area contributed by atoms with Crippen molar-refractivity contribution in [1.82, 2.24) is 10.6 Å². The Kier molecular flexibility index (Phi) is 5.49. The van der Waals surface area contributed by atoms with Crippen LogP contribution in [0.1, 0.15) is 12.5 Å². The van der Waals surface area contributed by atoms with Crippen molar-refractivity contribution in [3.8, 4) is 0 Å². The normalized spacial score (nSPS) is 12.2. The second kappa shape index (κ2) is 6.66. The van der Waals surface area contributed by atoms with Crippen LogP contribution in [-0.2, 0) is 11.2 Å². The zero-order valence-corrected chi connectivity index (χ0v) is 11.2. The summed E-state index contributed by atoms with van der Waals surface area (Å²) in [7, 11) is 1.88. The van der Waals surface area contributed by atoms with Gasteiger partial charge in [-0.2, -0.15) is 0 Å². The van der Waals surface area contributed by atoms with Gasteiger partial charge in [0.15, 0.2) is 0 Å². The van der Waals surface area contributed by atoms with Crippen molar-refractivity contribution in [2.45, 2.75) is 19.4 Å². The second-order valence-corrected chi connectivity index (χ2v) is 4.72. The zero-order valence-electron chi connectivity index (χ0n) is 9.59. The van der Waals surface area contributed by atoms with Gasteiger partial charge in [-0.25, -0.2) is 0 Å². The molecule has 1 rings (SSSR count). The van der Waals surface area contributed by atoms with Gasteiger partial charge in [-0.1, -0.05) is 28.1 Å². The minimum absolute atomic E-state index is 0.0557. The molecule has 1 aromatic carbocycles. The Balaban J connectivity index is 2.40. The predicted molar refractivity (Wildman–Crippen MR) is 69.4 cm³/mol. The number of hydrogen-bond acceptors (Lipinski definition) is 2. The number of amides is 1. The fourth-order valence-corrected chi connectivity index (χ4v) is 1.71. The summed E-state index contributed by atoms with van der Waals surface area (Å²) in [6.45, 7) is 2.68. The fourth-order valence-electron chi connectivity index (χ4n) is 1.26. The van der Waals surface area contributed by atoms with E-state index in [4.69, 9.17) is 0 Å². The molecule has 1 unspecified atom stereocenters. The molecule has 0 aliphatic carbocycles. The van der Waals surface area contributed by atoms with E-state index in [-0.39, 0.29) is 5.91 Å². The molecular weight excluding hydrogens is 268 g/mol. The van der Waals surface area contributed by atoms with E-state index < -0.39 is 0 Å². The molecule has 2 N–H and O–H groups in total. The molecule has 3 nitrogen and oxygen atoms in total. The molecule has 16 heavy (non-hydrogen) atoms. The van der Waals surface area contributed by atoms with Crippen LogP contribution in [0.5, 0.6) is 0 Å². The molecule has 0 aromatic heterocycles. The van der Waals surface area contributed by atoms with Crippen LogP contribution in [0.2, 0.25) is 0 Å². The lowest BCUT2D eigenvalue weighted by atomic mass is 10.1. The highest BCUT2D eigenvalue weighted by Crippen LogP contribution is 2.11. The largest absolute Gasteiger partial charge is 0.354 e. The van der Waals surface area contributed by atoms with Crippen LogP contribution >= 0.6 is 15.9 Å². The van der Waals surface area contributed by atoms with Crippen LogP contribution in [0.3, 0.4) is 0 Å². The summed E-state index contributed by atoms with van der Waals surface area (Å²) in [5.74, 6) is 0.0557. The number of carbonyl (C=O) groups excluding carboxylic acids is 1. The molecule has 0 bridgehead atoms. The molecule has 88 valence electrons. The Morgan fingerprint density at radius 1 is 1.50 bits per heavy atom. The van der Waals surface area contributed by atoms with Gasteiger partial charge in [0.1, 0.15) is 0 Å². The monoisotopic (exact) mass is 284 g/mol. The number of benzene rings is 1. The van der Waals surface area contributed by atoms with E-state index in [1.165, 1.54) is 0 Å². The molecule has 0 radical (unpaired) electrons. The summed E-state index contributed by atoms with van der Waals surface area (Å²) in [6.07, 6.45) is 0.426. The van der Waals surface area contributed by atoms with Gasteiger partial charge in [-0.05, 0) is 31.7 Å². The smallest absolute Gasteiger partial charge is 0.224 e. The number of halogens is 1. The van der Waals surface area contributed by atoms with Gasteiger partial charge >= 0.3 is 0 Å². The average molecular weight is 285 g/mol. The van der Waals surface area contributed by atoms with Gasteiger partial charge in [-0.3, -0.25) is 4.79 Å². The van der Waals surface area contributed by atoms with E-state index >= 15 is 0 Å². The first-order valence-corrected chi connectivity index (χ1v) is 6.09. The predicted octanol–water partition coefficient (Wildman–Crippen LogP) is 1.72. The van der Waals surface area contributed by atoms with Gasteiger partial charge in [-0.15, -0.1) is 0 Å². The van der Waals surface area contributed by atoms with E-state index in [9.17, 15) is 4.79 Å². The Morgan fingerprint density at radius 2 is 2.25 bits per heavy atom. The molecule has 0 spiro atoms. The molecule has 1 amide bonds. The minimum Gasteiger partial charge on any atom is -0.354 e. The number of rotatable bonds is 5. The molecule has 1 aromatic rings. The van der Waals surface area contributed by atoms with Crippen molar-refractivity contribution in [1.29, 1.82) is 0 Å². The number of hydrogen-bond donors (Lipinski definition) is 2. The number of nitrogens with one attached hydrogen (secondary N) is 2. The lowest BCUT2D eigenvalue weighted by molar-refractivity contribution is -0.120. The molecule has 0 aliphatic rings. The van der Waals surface area contributed by atoms with Crippen LogP contribution in [0.4, 0.5) is 0 Å². The average Bonchev–Trinajstić information content (AvgIpc) is 2.26. The van der Waals surface area contributed by atoms with E-state index in [0.717, 1.165) is 10.0 Å². The molecule has 0 fully saturated rings. The maximum Gasteiger partial charge on any atom is 0.224 e. The van der Waals surface area contributed by atoms with E-state index in [1.54, 1.807) is 0 Å². The first-order chi connectivity index (χ1) is 7.61. The molecule has 0 aliphatic heterocycles. The highest BCUT2D eigenvalue weighted by molar-refractivity contribution is 9.10. The molecule has 4 heteroatoms. The first kappa shape index (κ1) is 13.2. The Labute approximate surface area is 105 Å². The van der Waals surface area contributed by atoms with Gasteiger partial charge in [0.05, 0.1) is 6.42 Å². The molecule has 0 heterocycles.